The molecule has 552 valence electrons. The minimum atomic E-state index is -1.95. The molecule has 1 fully saturated rings. The molecule has 1 aromatic rings. The number of aliphatic hydroxyl groups is 2. The van der Waals surface area contributed by atoms with E-state index in [2.05, 4.69) is 68.1 Å². The zero-order chi connectivity index (χ0) is 74.2. The van der Waals surface area contributed by atoms with Gasteiger partial charge in [0.25, 0.3) is 0 Å². The molecule has 0 aliphatic carbocycles. The Labute approximate surface area is 579 Å². The number of nitrogens with zero attached hydrogens (tertiary/aromatic N) is 4. The average Bonchev–Trinajstić information content (AvgIpc) is 0.787. The van der Waals surface area contributed by atoms with Crippen LogP contribution in [0.3, 0.4) is 0 Å². The highest BCUT2D eigenvalue weighted by Crippen LogP contribution is 2.28. The van der Waals surface area contributed by atoms with Gasteiger partial charge in [-0.1, -0.05) is 86.4 Å². The molecule has 2 heterocycles. The highest BCUT2D eigenvalue weighted by molar-refractivity contribution is 8.76. The fourth-order valence-corrected chi connectivity index (χ4v) is 12.3. The molecule has 1 aromatic carbocycles. The zero-order valence-corrected chi connectivity index (χ0v) is 57.5. The van der Waals surface area contributed by atoms with Gasteiger partial charge >= 0.3 is 11.9 Å². The first-order valence-electron chi connectivity index (χ1n) is 32.0. The summed E-state index contributed by atoms with van der Waals surface area (Å²) in [5.41, 5.74) is 39.9. The average molecular weight is 1440 g/mol. The summed E-state index contributed by atoms with van der Waals surface area (Å²) >= 11 is 0. The van der Waals surface area contributed by atoms with E-state index in [1.165, 1.54) is 6.92 Å². The van der Waals surface area contributed by atoms with Gasteiger partial charge in [-0.3, -0.25) is 72.5 Å². The van der Waals surface area contributed by atoms with Crippen LogP contribution in [0.1, 0.15) is 104 Å². The lowest BCUT2D eigenvalue weighted by Gasteiger charge is -2.38. The standard InChI is InChI=1S/C59H97N21O17S2/c1-6-28(3)43-53(93)74-37(22-42(83)84)49(89)72-35(16-11-19-68-58(63)64)48(88)79-44(29(4)7-2)54(94)77-40(55(95)80-23-32-14-9-8-13-31(32)21-41(80)52(92)73-36(56(96)97)17-12-20-69-59(65)66)27-99-98-26-39(76-50(90)38(25-82)75-46(86)33(60)24-81)51(91)70-30(5)45(85)71-34(47(87)78-43)15-10-18-67-57(61)62/h8-9,13-14,28-30,33-41,43-44,81-82H,6-7,10-12,15-27,60H2,1-5H3,(H,70,91)(H,71,85)(H,72,89)(H,73,92)(H,74,93)(H,75,86)(H,76,90)(H,77,94)(H,78,87)(H,79,88)(H,83,84)(H,96,97)(H4,61,62,67)(H4,63,64,68)(H4,65,66,69)/t28-,29-,30+,33-,34-,35-,36-,37?,38-,39-,40-,41-,43-,44?/m0/s1. The number of aliphatic imine (C=N–C) groups is 3. The number of carboxylic acids is 2. The van der Waals surface area contributed by atoms with Gasteiger partial charge in [-0.2, -0.15) is 0 Å². The van der Waals surface area contributed by atoms with E-state index in [0.717, 1.165) is 26.5 Å². The van der Waals surface area contributed by atoms with E-state index in [0.29, 0.717) is 11.1 Å². The maximum Gasteiger partial charge on any atom is 0.326 e. The number of benzene rings is 1. The highest BCUT2D eigenvalue weighted by atomic mass is 33.1. The molecule has 0 radical (unpaired) electrons. The summed E-state index contributed by atoms with van der Waals surface area (Å²) in [7, 11) is 1.63. The van der Waals surface area contributed by atoms with Gasteiger partial charge < -0.3 is 119 Å². The second-order valence-corrected chi connectivity index (χ2v) is 26.2. The topological polar surface area (TPSA) is 646 Å². The predicted molar refractivity (Wildman–Crippen MR) is 365 cm³/mol. The Morgan fingerprint density at radius 2 is 1.10 bits per heavy atom. The van der Waals surface area contributed by atoms with Crippen LogP contribution in [0, 0.1) is 11.8 Å². The molecule has 0 bridgehead atoms. The molecule has 1 saturated heterocycles. The van der Waals surface area contributed by atoms with Gasteiger partial charge in [-0.05, 0) is 68.4 Å². The number of aliphatic carboxylic acids is 2. The maximum absolute atomic E-state index is 15.5. The van der Waals surface area contributed by atoms with E-state index in [-0.39, 0.29) is 102 Å². The number of carboxylic acid groups (broad SMARTS) is 2. The van der Waals surface area contributed by atoms with Crippen LogP contribution in [0.2, 0.25) is 0 Å². The molecular weight excluding hydrogens is 1340 g/mol. The van der Waals surface area contributed by atoms with E-state index < -0.39 is 192 Å². The molecule has 0 spiro atoms. The Balaban J connectivity index is 2.37. The first-order chi connectivity index (χ1) is 46.8. The largest absolute Gasteiger partial charge is 0.481 e. The SMILES string of the molecule is CC[C@H](C)C1NC(=O)[C@H](CCCN=C(N)N)NC(=O)C(CC(=O)O)NC(=O)[C@H]([C@@H](C)CC)NC(=O)[C@H](CCCN=C(N)N)NC(=O)[C@@H](C)NC(=O)[C@@H](NC(=O)[C@H](CO)NC(=O)[C@@H](N)CO)CSSC[C@@H](C(=O)N2Cc3ccccc3C[C@H]2C(=O)N[C@@H](CCCN=C(N)N)C(=O)O)NC1=O. The Morgan fingerprint density at radius 1 is 0.606 bits per heavy atom. The van der Waals surface area contributed by atoms with Gasteiger partial charge in [0.15, 0.2) is 17.9 Å². The number of carbonyl (C=O) groups excluding carboxylic acids is 11. The number of hydrogen-bond acceptors (Lipinski definition) is 21. The van der Waals surface area contributed by atoms with Crippen molar-refractivity contribution in [2.45, 2.75) is 178 Å². The normalized spacial score (nSPS) is 23.2. The van der Waals surface area contributed by atoms with E-state index in [1.807, 2.05) is 0 Å². The van der Waals surface area contributed by atoms with E-state index in [1.54, 1.807) is 52.0 Å². The molecule has 14 atom stereocenters. The Hall–Kier alpha value is -9.28. The van der Waals surface area contributed by atoms with Crippen LogP contribution in [0.25, 0.3) is 0 Å². The molecule has 2 aliphatic rings. The molecule has 38 nitrogen and oxygen atoms in total. The maximum atomic E-state index is 15.5. The summed E-state index contributed by atoms with van der Waals surface area (Å²) < 4.78 is 0. The summed E-state index contributed by atoms with van der Waals surface area (Å²) in [5.74, 6) is -17.8. The van der Waals surface area contributed by atoms with Crippen molar-refractivity contribution in [2.75, 3.05) is 44.4 Å². The predicted octanol–water partition coefficient (Wildman–Crippen LogP) is -7.67. The number of amides is 11. The van der Waals surface area contributed by atoms with Gasteiger partial charge in [0.2, 0.25) is 65.0 Å². The highest BCUT2D eigenvalue weighted by Gasteiger charge is 2.42. The Kier molecular flexibility index (Phi) is 36.0. The first kappa shape index (κ1) is 83.9. The van der Waals surface area contributed by atoms with Crippen molar-refractivity contribution in [1.82, 2.24) is 58.1 Å². The quantitative estimate of drug-likeness (QED) is 0.0160. The first-order valence-corrected chi connectivity index (χ1v) is 34.5. The van der Waals surface area contributed by atoms with Crippen LogP contribution in [-0.4, -0.2) is 237 Å². The van der Waals surface area contributed by atoms with Gasteiger partial charge in [0.1, 0.15) is 72.5 Å². The number of nitrogens with one attached hydrogen (secondary N) is 10. The van der Waals surface area contributed by atoms with Gasteiger partial charge in [-0.15, -0.1) is 0 Å². The fourth-order valence-electron chi connectivity index (χ4n) is 9.95. The van der Waals surface area contributed by atoms with Gasteiger partial charge in [-0.25, -0.2) is 4.79 Å². The molecule has 3 rings (SSSR count). The number of fused-ring (bicyclic) bond motifs is 1. The molecule has 0 saturated carbocycles. The van der Waals surface area contributed by atoms with E-state index in [4.69, 9.17) is 40.1 Å². The molecule has 2 unspecified atom stereocenters. The van der Waals surface area contributed by atoms with Crippen LogP contribution in [0.4, 0.5) is 0 Å². The number of rotatable bonds is 28. The third-order valence-corrected chi connectivity index (χ3v) is 18.5. The number of carbonyl (C=O) groups is 13. The van der Waals surface area contributed by atoms with Crippen molar-refractivity contribution in [1.29, 1.82) is 0 Å². The van der Waals surface area contributed by atoms with Crippen molar-refractivity contribution in [3.8, 4) is 0 Å². The third-order valence-electron chi connectivity index (χ3n) is 16.1. The number of aliphatic hydroxyl groups excluding tert-OH is 2. The van der Waals surface area contributed by atoms with E-state index >= 15 is 9.59 Å². The molecular formula is C59H97N21O17S2. The molecule has 11 amide bonds. The van der Waals surface area contributed by atoms with Crippen molar-refractivity contribution in [3.05, 3.63) is 35.4 Å². The third kappa shape index (κ3) is 28.2. The lowest BCUT2D eigenvalue weighted by Crippen LogP contribution is -2.63. The van der Waals surface area contributed by atoms with Crippen LogP contribution in [0.5, 0.6) is 0 Å². The van der Waals surface area contributed by atoms with Crippen molar-refractivity contribution >= 4 is 116 Å². The summed E-state index contributed by atoms with van der Waals surface area (Å²) in [6.07, 6.45) is -1.39. The summed E-state index contributed by atoms with van der Waals surface area (Å²) in [5, 5.41) is 65.0. The summed E-state index contributed by atoms with van der Waals surface area (Å²) in [4.78, 5) is 196. The lowest BCUT2D eigenvalue weighted by atomic mass is 9.92. The number of hydrogen-bond donors (Lipinski definition) is 21. The Bertz CT molecular complexity index is 3080. The smallest absolute Gasteiger partial charge is 0.326 e. The molecule has 28 N–H and O–H groups in total. The van der Waals surface area contributed by atoms with Crippen molar-refractivity contribution in [3.63, 3.8) is 0 Å². The second kappa shape index (κ2) is 42.5. The number of nitrogens with two attached hydrogens (primary N) is 7. The van der Waals surface area contributed by atoms with Gasteiger partial charge in [0, 0.05) is 44.1 Å². The van der Waals surface area contributed by atoms with Crippen LogP contribution < -0.4 is 93.3 Å². The van der Waals surface area contributed by atoms with E-state index in [9.17, 15) is 73.2 Å². The van der Waals surface area contributed by atoms with Crippen molar-refractivity contribution < 1.29 is 82.8 Å². The fraction of sp³-hybridized carbons (Fsp3) is 0.627. The van der Waals surface area contributed by atoms with Crippen LogP contribution in [-0.2, 0) is 75.3 Å². The minimum Gasteiger partial charge on any atom is -0.481 e. The van der Waals surface area contributed by atoms with Crippen LogP contribution >= 0.6 is 21.6 Å². The minimum absolute atomic E-state index is 0.0152. The second-order valence-electron chi connectivity index (χ2n) is 23.7. The van der Waals surface area contributed by atoms with Crippen molar-refractivity contribution in [2.24, 2.45) is 66.9 Å². The number of guanidine groups is 3. The molecule has 2 aliphatic heterocycles. The molecule has 40 heteroatoms. The summed E-state index contributed by atoms with van der Waals surface area (Å²) in [6.45, 7) is 5.31. The van der Waals surface area contributed by atoms with Gasteiger partial charge in [0.05, 0.1) is 19.6 Å². The summed E-state index contributed by atoms with van der Waals surface area (Å²) in [6, 6.07) is -12.7. The zero-order valence-electron chi connectivity index (χ0n) is 55.9. The molecule has 99 heavy (non-hydrogen) atoms. The lowest BCUT2D eigenvalue weighted by molar-refractivity contribution is -0.147. The van der Waals surface area contributed by atoms with Crippen LogP contribution in [0.15, 0.2) is 39.2 Å². The Morgan fingerprint density at radius 3 is 1.61 bits per heavy atom. The molecule has 0 aromatic heterocycles. The monoisotopic (exact) mass is 1440 g/mol.